The van der Waals surface area contributed by atoms with Gasteiger partial charge >= 0.3 is 5.69 Å². The van der Waals surface area contributed by atoms with Gasteiger partial charge in [-0.15, -0.1) is 0 Å². The van der Waals surface area contributed by atoms with Crippen molar-refractivity contribution in [2.75, 3.05) is 13.1 Å². The zero-order valence-corrected chi connectivity index (χ0v) is 11.6. The van der Waals surface area contributed by atoms with E-state index in [1.54, 1.807) is 6.07 Å². The fourth-order valence-corrected chi connectivity index (χ4v) is 2.89. The highest BCUT2D eigenvalue weighted by Gasteiger charge is 2.18. The van der Waals surface area contributed by atoms with Crippen LogP contribution in [-0.2, 0) is 0 Å². The first-order chi connectivity index (χ1) is 9.66. The van der Waals surface area contributed by atoms with Gasteiger partial charge in [-0.25, -0.2) is 4.79 Å². The Bertz CT molecular complexity index is 737. The standard InChI is InChI=1S/C15H19N3O2/c1-10-5-6-13-12(8-10)14(19)18(15(20)17-13)11-4-2-3-7-16-9-11/h5-6,8,11,16H,2-4,7,9H2,1H3,(H,17,20). The molecule has 20 heavy (non-hydrogen) atoms. The number of fused-ring (bicyclic) bond motifs is 1. The second kappa shape index (κ2) is 5.25. The van der Waals surface area contributed by atoms with Gasteiger partial charge in [0, 0.05) is 6.54 Å². The molecule has 1 unspecified atom stereocenters. The summed E-state index contributed by atoms with van der Waals surface area (Å²) in [6.07, 6.45) is 3.00. The summed E-state index contributed by atoms with van der Waals surface area (Å²) in [5.74, 6) is 0. The summed E-state index contributed by atoms with van der Waals surface area (Å²) in [6.45, 7) is 3.58. The van der Waals surface area contributed by atoms with Crippen molar-refractivity contribution >= 4 is 10.9 Å². The van der Waals surface area contributed by atoms with E-state index in [4.69, 9.17) is 0 Å². The van der Waals surface area contributed by atoms with Crippen molar-refractivity contribution in [3.8, 4) is 0 Å². The van der Waals surface area contributed by atoms with E-state index < -0.39 is 0 Å². The first-order valence-electron chi connectivity index (χ1n) is 7.13. The molecule has 0 saturated carbocycles. The number of rotatable bonds is 1. The van der Waals surface area contributed by atoms with Crippen molar-refractivity contribution < 1.29 is 0 Å². The van der Waals surface area contributed by atoms with Crippen LogP contribution in [0.4, 0.5) is 0 Å². The number of nitrogens with zero attached hydrogens (tertiary/aromatic N) is 1. The summed E-state index contributed by atoms with van der Waals surface area (Å²) in [6, 6.07) is 5.48. The van der Waals surface area contributed by atoms with Crippen molar-refractivity contribution in [2.45, 2.75) is 32.2 Å². The summed E-state index contributed by atoms with van der Waals surface area (Å²) in [4.78, 5) is 27.7. The molecule has 1 fully saturated rings. The lowest BCUT2D eigenvalue weighted by molar-refractivity contribution is 0.435. The number of aromatic amines is 1. The smallest absolute Gasteiger partial charge is 0.315 e. The average molecular weight is 273 g/mol. The first kappa shape index (κ1) is 13.1. The van der Waals surface area contributed by atoms with Crippen molar-refractivity contribution in [1.29, 1.82) is 0 Å². The molecule has 1 saturated heterocycles. The van der Waals surface area contributed by atoms with Gasteiger partial charge in [0.25, 0.3) is 5.56 Å². The fraction of sp³-hybridized carbons (Fsp3) is 0.467. The number of nitrogens with one attached hydrogen (secondary N) is 2. The molecular formula is C15H19N3O2. The van der Waals surface area contributed by atoms with Crippen LogP contribution in [0.1, 0.15) is 30.9 Å². The normalized spacial score (nSPS) is 19.9. The molecule has 2 aromatic rings. The Morgan fingerprint density at radius 1 is 1.25 bits per heavy atom. The van der Waals surface area contributed by atoms with Gasteiger partial charge < -0.3 is 10.3 Å². The summed E-state index contributed by atoms with van der Waals surface area (Å²) in [7, 11) is 0. The van der Waals surface area contributed by atoms with Crippen molar-refractivity contribution in [3.05, 3.63) is 44.6 Å². The molecule has 106 valence electrons. The molecule has 0 radical (unpaired) electrons. The Morgan fingerprint density at radius 2 is 2.10 bits per heavy atom. The Kier molecular flexibility index (Phi) is 3.44. The van der Waals surface area contributed by atoms with E-state index in [-0.39, 0.29) is 17.3 Å². The SMILES string of the molecule is Cc1ccc2[nH]c(=O)n(C3CCCCNC3)c(=O)c2c1. The number of H-pyrrole nitrogens is 1. The molecule has 1 aliphatic heterocycles. The number of hydrogen-bond acceptors (Lipinski definition) is 3. The van der Waals surface area contributed by atoms with Crippen LogP contribution in [-0.4, -0.2) is 22.6 Å². The molecule has 0 amide bonds. The second-order valence-electron chi connectivity index (χ2n) is 5.51. The molecule has 1 atom stereocenters. The Hall–Kier alpha value is -1.88. The van der Waals surface area contributed by atoms with E-state index in [1.807, 2.05) is 19.1 Å². The molecule has 3 rings (SSSR count). The van der Waals surface area contributed by atoms with Gasteiger partial charge in [-0.1, -0.05) is 18.1 Å². The highest BCUT2D eigenvalue weighted by atomic mass is 16.2. The predicted octanol–water partition coefficient (Wildman–Crippen LogP) is 1.31. The lowest BCUT2D eigenvalue weighted by atomic mass is 10.1. The number of aromatic nitrogens is 2. The Morgan fingerprint density at radius 3 is 2.95 bits per heavy atom. The third kappa shape index (κ3) is 2.29. The molecule has 0 bridgehead atoms. The molecule has 2 heterocycles. The zero-order chi connectivity index (χ0) is 14.1. The van der Waals surface area contributed by atoms with Crippen LogP contribution in [0.25, 0.3) is 10.9 Å². The van der Waals surface area contributed by atoms with E-state index >= 15 is 0 Å². The van der Waals surface area contributed by atoms with Gasteiger partial charge in [0.15, 0.2) is 0 Å². The molecule has 2 N–H and O–H groups in total. The highest BCUT2D eigenvalue weighted by molar-refractivity contribution is 5.77. The second-order valence-corrected chi connectivity index (χ2v) is 5.51. The maximum Gasteiger partial charge on any atom is 0.329 e. The number of benzene rings is 1. The largest absolute Gasteiger partial charge is 0.329 e. The molecule has 5 nitrogen and oxygen atoms in total. The van der Waals surface area contributed by atoms with Crippen molar-refractivity contribution in [1.82, 2.24) is 14.9 Å². The summed E-state index contributed by atoms with van der Waals surface area (Å²) in [5, 5.41) is 3.89. The Labute approximate surface area is 116 Å². The predicted molar refractivity (Wildman–Crippen MR) is 79.3 cm³/mol. The monoisotopic (exact) mass is 273 g/mol. The lowest BCUT2D eigenvalue weighted by Gasteiger charge is -2.17. The molecule has 0 aliphatic carbocycles. The van der Waals surface area contributed by atoms with Crippen LogP contribution in [0.3, 0.4) is 0 Å². The van der Waals surface area contributed by atoms with Crippen LogP contribution < -0.4 is 16.6 Å². The third-order valence-electron chi connectivity index (χ3n) is 3.97. The molecule has 1 aromatic heterocycles. The van der Waals surface area contributed by atoms with Gasteiger partial charge in [0.1, 0.15) is 0 Å². The van der Waals surface area contributed by atoms with E-state index in [1.165, 1.54) is 4.57 Å². The van der Waals surface area contributed by atoms with E-state index in [9.17, 15) is 9.59 Å². The maximum atomic E-state index is 12.6. The molecule has 5 heteroatoms. The lowest BCUT2D eigenvalue weighted by Crippen LogP contribution is -2.41. The van der Waals surface area contributed by atoms with E-state index in [0.29, 0.717) is 17.4 Å². The topological polar surface area (TPSA) is 66.9 Å². The van der Waals surface area contributed by atoms with Crippen LogP contribution in [0.5, 0.6) is 0 Å². The minimum atomic E-state index is -0.306. The zero-order valence-electron chi connectivity index (χ0n) is 11.6. The summed E-state index contributed by atoms with van der Waals surface area (Å²) < 4.78 is 1.39. The maximum absolute atomic E-state index is 12.6. The quantitative estimate of drug-likeness (QED) is 0.823. The summed E-state index contributed by atoms with van der Waals surface area (Å²) in [5.41, 5.74) is 1.15. The fourth-order valence-electron chi connectivity index (χ4n) is 2.89. The molecule has 1 aromatic carbocycles. The molecule has 0 spiro atoms. The number of hydrogen-bond donors (Lipinski definition) is 2. The van der Waals surface area contributed by atoms with Crippen LogP contribution >= 0.6 is 0 Å². The van der Waals surface area contributed by atoms with Gasteiger partial charge in [0.05, 0.1) is 16.9 Å². The van der Waals surface area contributed by atoms with Crippen molar-refractivity contribution in [2.24, 2.45) is 0 Å². The Balaban J connectivity index is 2.19. The van der Waals surface area contributed by atoms with Gasteiger partial charge in [-0.2, -0.15) is 0 Å². The third-order valence-corrected chi connectivity index (χ3v) is 3.97. The van der Waals surface area contributed by atoms with Crippen LogP contribution in [0.15, 0.2) is 27.8 Å². The average Bonchev–Trinajstić information content (AvgIpc) is 2.69. The van der Waals surface area contributed by atoms with E-state index in [2.05, 4.69) is 10.3 Å². The number of aryl methyl sites for hydroxylation is 1. The summed E-state index contributed by atoms with van der Waals surface area (Å²) >= 11 is 0. The molecule has 1 aliphatic rings. The van der Waals surface area contributed by atoms with Crippen LogP contribution in [0.2, 0.25) is 0 Å². The first-order valence-corrected chi connectivity index (χ1v) is 7.13. The van der Waals surface area contributed by atoms with E-state index in [0.717, 1.165) is 31.4 Å². The van der Waals surface area contributed by atoms with Gasteiger partial charge in [0.2, 0.25) is 0 Å². The minimum absolute atomic E-state index is 0.0568. The van der Waals surface area contributed by atoms with Gasteiger partial charge in [-0.05, 0) is 38.4 Å². The van der Waals surface area contributed by atoms with Crippen LogP contribution in [0, 0.1) is 6.92 Å². The minimum Gasteiger partial charge on any atom is -0.315 e. The van der Waals surface area contributed by atoms with Gasteiger partial charge in [-0.3, -0.25) is 9.36 Å². The highest BCUT2D eigenvalue weighted by Crippen LogP contribution is 2.15. The van der Waals surface area contributed by atoms with Crippen molar-refractivity contribution in [3.63, 3.8) is 0 Å². The molecular weight excluding hydrogens is 254 g/mol.